The number of aromatic nitrogens is 2. The van der Waals surface area contributed by atoms with Crippen molar-refractivity contribution in [2.24, 2.45) is 0 Å². The summed E-state index contributed by atoms with van der Waals surface area (Å²) in [6, 6.07) is 12.2. The molecule has 0 spiro atoms. The van der Waals surface area contributed by atoms with Crippen LogP contribution in [0.15, 0.2) is 55.0 Å². The van der Waals surface area contributed by atoms with Gasteiger partial charge in [0.2, 0.25) is 0 Å². The zero-order valence-corrected chi connectivity index (χ0v) is 9.35. The monoisotopic (exact) mass is 239 g/mol. The summed E-state index contributed by atoms with van der Waals surface area (Å²) in [5.41, 5.74) is 2.76. The smallest absolute Gasteiger partial charge is 0.269 e. The molecule has 3 rings (SSSR count). The van der Waals surface area contributed by atoms with Crippen molar-refractivity contribution < 1.29 is 4.92 Å². The predicted molar refractivity (Wildman–Crippen MR) is 67.3 cm³/mol. The van der Waals surface area contributed by atoms with E-state index in [1.165, 1.54) is 12.1 Å². The van der Waals surface area contributed by atoms with E-state index in [0.29, 0.717) is 0 Å². The Bertz CT molecular complexity index is 716. The van der Waals surface area contributed by atoms with Crippen LogP contribution in [0.1, 0.15) is 0 Å². The van der Waals surface area contributed by atoms with E-state index in [1.54, 1.807) is 18.5 Å². The maximum atomic E-state index is 10.6. The zero-order chi connectivity index (χ0) is 12.5. The van der Waals surface area contributed by atoms with Crippen molar-refractivity contribution >= 4 is 11.2 Å². The topological polar surface area (TPSA) is 60.4 Å². The lowest BCUT2D eigenvalue weighted by Gasteiger charge is -1.98. The van der Waals surface area contributed by atoms with Crippen molar-refractivity contribution in [3.8, 4) is 11.3 Å². The highest BCUT2D eigenvalue weighted by molar-refractivity contribution is 5.77. The number of benzene rings is 1. The van der Waals surface area contributed by atoms with Crippen LogP contribution < -0.4 is 0 Å². The third-order valence-corrected chi connectivity index (χ3v) is 2.80. The molecule has 0 saturated heterocycles. The van der Waals surface area contributed by atoms with Gasteiger partial charge >= 0.3 is 0 Å². The van der Waals surface area contributed by atoms with Crippen molar-refractivity contribution in [1.82, 2.24) is 9.38 Å². The van der Waals surface area contributed by atoms with E-state index < -0.39 is 4.92 Å². The van der Waals surface area contributed by atoms with Gasteiger partial charge in [-0.15, -0.1) is 0 Å². The first-order chi connectivity index (χ1) is 8.75. The van der Waals surface area contributed by atoms with Gasteiger partial charge < -0.3 is 4.40 Å². The molecule has 5 nitrogen and oxygen atoms in total. The molecule has 18 heavy (non-hydrogen) atoms. The molecule has 0 radical (unpaired) electrons. The first-order valence-corrected chi connectivity index (χ1v) is 5.42. The summed E-state index contributed by atoms with van der Waals surface area (Å²) in [4.78, 5) is 14.5. The van der Waals surface area contributed by atoms with Gasteiger partial charge in [0.25, 0.3) is 5.69 Å². The minimum absolute atomic E-state index is 0.0854. The van der Waals surface area contributed by atoms with Crippen LogP contribution in [-0.4, -0.2) is 14.3 Å². The predicted octanol–water partition coefficient (Wildman–Crippen LogP) is 2.91. The lowest BCUT2D eigenvalue weighted by molar-refractivity contribution is -0.384. The van der Waals surface area contributed by atoms with Gasteiger partial charge in [0.1, 0.15) is 0 Å². The zero-order valence-electron chi connectivity index (χ0n) is 9.35. The van der Waals surface area contributed by atoms with Gasteiger partial charge in [-0.2, -0.15) is 0 Å². The van der Waals surface area contributed by atoms with Crippen LogP contribution in [0.2, 0.25) is 0 Å². The van der Waals surface area contributed by atoms with E-state index in [9.17, 15) is 10.1 Å². The molecule has 2 aromatic heterocycles. The molecule has 1 aromatic carbocycles. The second-order valence-corrected chi connectivity index (χ2v) is 3.89. The average molecular weight is 239 g/mol. The fraction of sp³-hybridized carbons (Fsp3) is 0. The molecule has 0 unspecified atom stereocenters. The Morgan fingerprint density at radius 1 is 1.11 bits per heavy atom. The van der Waals surface area contributed by atoms with Crippen LogP contribution in [0.3, 0.4) is 0 Å². The maximum absolute atomic E-state index is 10.6. The van der Waals surface area contributed by atoms with Crippen LogP contribution in [0.5, 0.6) is 0 Å². The van der Waals surface area contributed by atoms with Crippen LogP contribution in [0.25, 0.3) is 16.8 Å². The van der Waals surface area contributed by atoms with Crippen LogP contribution in [0.4, 0.5) is 5.69 Å². The third-order valence-electron chi connectivity index (χ3n) is 2.80. The number of imidazole rings is 1. The second-order valence-electron chi connectivity index (χ2n) is 3.89. The molecule has 2 heterocycles. The van der Waals surface area contributed by atoms with Crippen LogP contribution >= 0.6 is 0 Å². The van der Waals surface area contributed by atoms with Crippen molar-refractivity contribution in [3.63, 3.8) is 0 Å². The van der Waals surface area contributed by atoms with Crippen molar-refractivity contribution in [2.75, 3.05) is 0 Å². The molecule has 0 atom stereocenters. The summed E-state index contributed by atoms with van der Waals surface area (Å²) in [5.74, 6) is 0. The Morgan fingerprint density at radius 2 is 1.89 bits per heavy atom. The molecule has 0 aliphatic rings. The van der Waals surface area contributed by atoms with Gasteiger partial charge in [-0.1, -0.05) is 6.07 Å². The molecule has 0 aliphatic heterocycles. The number of hydrogen-bond donors (Lipinski definition) is 0. The van der Waals surface area contributed by atoms with Crippen LogP contribution in [0, 0.1) is 10.1 Å². The Kier molecular flexibility index (Phi) is 2.30. The first kappa shape index (κ1) is 10.5. The van der Waals surface area contributed by atoms with Gasteiger partial charge in [-0.25, -0.2) is 4.98 Å². The number of non-ortho nitro benzene ring substituents is 1. The molecule has 3 aromatic rings. The van der Waals surface area contributed by atoms with Gasteiger partial charge in [-0.3, -0.25) is 10.1 Å². The van der Waals surface area contributed by atoms with Crippen molar-refractivity contribution in [3.05, 3.63) is 65.1 Å². The van der Waals surface area contributed by atoms with E-state index in [4.69, 9.17) is 0 Å². The molecule has 0 aliphatic carbocycles. The van der Waals surface area contributed by atoms with Crippen molar-refractivity contribution in [1.29, 1.82) is 0 Å². The average Bonchev–Trinajstić information content (AvgIpc) is 2.82. The number of nitro groups is 1. The highest BCUT2D eigenvalue weighted by Crippen LogP contribution is 2.24. The molecular weight excluding hydrogens is 230 g/mol. The summed E-state index contributed by atoms with van der Waals surface area (Å²) in [6.45, 7) is 0. The fourth-order valence-electron chi connectivity index (χ4n) is 1.91. The van der Waals surface area contributed by atoms with E-state index in [-0.39, 0.29) is 5.69 Å². The Labute approximate surface area is 102 Å². The lowest BCUT2D eigenvalue weighted by Crippen LogP contribution is -1.87. The lowest BCUT2D eigenvalue weighted by atomic mass is 10.1. The van der Waals surface area contributed by atoms with E-state index in [1.807, 2.05) is 28.8 Å². The number of fused-ring (bicyclic) bond motifs is 1. The van der Waals surface area contributed by atoms with E-state index in [0.717, 1.165) is 16.8 Å². The first-order valence-electron chi connectivity index (χ1n) is 5.42. The number of nitrogens with zero attached hydrogens (tertiary/aromatic N) is 3. The number of hydrogen-bond acceptors (Lipinski definition) is 3. The summed E-state index contributed by atoms with van der Waals surface area (Å²) in [6.07, 6.45) is 3.64. The largest absolute Gasteiger partial charge is 0.306 e. The van der Waals surface area contributed by atoms with Crippen molar-refractivity contribution in [2.45, 2.75) is 0 Å². The molecule has 0 N–H and O–H groups in total. The third kappa shape index (κ3) is 1.62. The summed E-state index contributed by atoms with van der Waals surface area (Å²) in [5, 5.41) is 10.6. The Balaban J connectivity index is 2.12. The quantitative estimate of drug-likeness (QED) is 0.510. The molecular formula is C13H9N3O2. The standard InChI is InChI=1S/C13H9N3O2/c17-16(18)11-6-4-10(5-7-11)13-12-3-1-2-8-15(12)9-14-13/h1-9H. The van der Waals surface area contributed by atoms with Gasteiger partial charge in [0, 0.05) is 23.9 Å². The van der Waals surface area contributed by atoms with Crippen LogP contribution in [-0.2, 0) is 0 Å². The highest BCUT2D eigenvalue weighted by Gasteiger charge is 2.09. The van der Waals surface area contributed by atoms with Gasteiger partial charge in [0.05, 0.1) is 22.5 Å². The molecule has 5 heteroatoms. The normalized spacial score (nSPS) is 10.7. The maximum Gasteiger partial charge on any atom is 0.269 e. The minimum atomic E-state index is -0.408. The Hall–Kier alpha value is -2.69. The molecule has 88 valence electrons. The van der Waals surface area contributed by atoms with Gasteiger partial charge in [-0.05, 0) is 24.3 Å². The minimum Gasteiger partial charge on any atom is -0.306 e. The molecule has 0 fully saturated rings. The Morgan fingerprint density at radius 3 is 2.61 bits per heavy atom. The number of pyridine rings is 1. The van der Waals surface area contributed by atoms with E-state index in [2.05, 4.69) is 4.98 Å². The molecule has 0 bridgehead atoms. The van der Waals surface area contributed by atoms with E-state index >= 15 is 0 Å². The molecule has 0 saturated carbocycles. The summed E-state index contributed by atoms with van der Waals surface area (Å²) in [7, 11) is 0. The summed E-state index contributed by atoms with van der Waals surface area (Å²) >= 11 is 0. The number of nitro benzene ring substituents is 1. The molecule has 0 amide bonds. The SMILES string of the molecule is O=[N+]([O-])c1ccc(-c2ncn3ccccc23)cc1. The van der Waals surface area contributed by atoms with Gasteiger partial charge in [0.15, 0.2) is 0 Å². The highest BCUT2D eigenvalue weighted by atomic mass is 16.6. The number of rotatable bonds is 2. The fourth-order valence-corrected chi connectivity index (χ4v) is 1.91. The summed E-state index contributed by atoms with van der Waals surface area (Å²) < 4.78 is 1.91. The second kappa shape index (κ2) is 3.96.